The van der Waals surface area contributed by atoms with E-state index >= 15 is 0 Å². The minimum absolute atomic E-state index is 0.0804. The summed E-state index contributed by atoms with van der Waals surface area (Å²) < 4.78 is 5.76. The summed E-state index contributed by atoms with van der Waals surface area (Å²) >= 11 is 1.33. The molecule has 0 spiro atoms. The number of ether oxygens (including phenoxy) is 1. The third-order valence-corrected chi connectivity index (χ3v) is 4.21. The van der Waals surface area contributed by atoms with Gasteiger partial charge in [-0.2, -0.15) is 0 Å². The molecule has 116 valence electrons. The Morgan fingerprint density at radius 3 is 2.65 bits per heavy atom. The van der Waals surface area contributed by atoms with E-state index in [2.05, 4.69) is 4.98 Å². The van der Waals surface area contributed by atoms with Crippen molar-refractivity contribution in [2.45, 2.75) is 13.5 Å². The van der Waals surface area contributed by atoms with Crippen molar-refractivity contribution < 1.29 is 14.6 Å². The van der Waals surface area contributed by atoms with E-state index in [-0.39, 0.29) is 5.69 Å². The van der Waals surface area contributed by atoms with Crippen molar-refractivity contribution in [3.05, 3.63) is 70.7 Å². The number of nitrogens with zero attached hydrogens (tertiary/aromatic N) is 1. The van der Waals surface area contributed by atoms with Gasteiger partial charge in [-0.25, -0.2) is 9.78 Å². The molecule has 3 aromatic rings. The summed E-state index contributed by atoms with van der Waals surface area (Å²) in [7, 11) is 0. The zero-order chi connectivity index (χ0) is 16.2. The third-order valence-electron chi connectivity index (χ3n) is 3.32. The lowest BCUT2D eigenvalue weighted by Gasteiger charge is -2.07. The number of thiazole rings is 1. The van der Waals surface area contributed by atoms with Crippen molar-refractivity contribution in [2.24, 2.45) is 0 Å². The van der Waals surface area contributed by atoms with Crippen LogP contribution in [0.1, 0.15) is 21.6 Å². The second kappa shape index (κ2) is 6.62. The maximum Gasteiger partial charge on any atom is 0.355 e. The van der Waals surface area contributed by atoms with Gasteiger partial charge in [0.25, 0.3) is 0 Å². The molecule has 4 nitrogen and oxygen atoms in total. The van der Waals surface area contributed by atoms with Crippen molar-refractivity contribution in [1.82, 2.24) is 4.98 Å². The highest BCUT2D eigenvalue weighted by molar-refractivity contribution is 7.13. The summed E-state index contributed by atoms with van der Waals surface area (Å²) in [6.45, 7) is 2.52. The molecular weight excluding hydrogens is 310 g/mol. The van der Waals surface area contributed by atoms with E-state index in [9.17, 15) is 4.79 Å². The van der Waals surface area contributed by atoms with Crippen LogP contribution in [0.5, 0.6) is 5.75 Å². The van der Waals surface area contributed by atoms with Gasteiger partial charge < -0.3 is 9.84 Å². The number of carboxylic acid groups (broad SMARTS) is 1. The minimum Gasteiger partial charge on any atom is -0.489 e. The quantitative estimate of drug-likeness (QED) is 0.755. The highest BCUT2D eigenvalue weighted by Gasteiger charge is 2.10. The van der Waals surface area contributed by atoms with Crippen molar-refractivity contribution >= 4 is 17.3 Å². The number of carbonyl (C=O) groups is 1. The maximum absolute atomic E-state index is 10.9. The lowest BCUT2D eigenvalue weighted by molar-refractivity contribution is 0.0691. The van der Waals surface area contributed by atoms with E-state index in [1.54, 1.807) is 5.38 Å². The number of carboxylic acids is 1. The topological polar surface area (TPSA) is 59.4 Å². The molecule has 5 heteroatoms. The second-order valence-electron chi connectivity index (χ2n) is 5.15. The standard InChI is InChI=1S/C18H15NO3S/c1-12-3-2-4-15(9-12)22-10-13-5-7-14(8-6-13)17-19-16(11-23-17)18(20)21/h2-9,11H,10H2,1H3,(H,20,21). The van der Waals surface area contributed by atoms with Crippen molar-refractivity contribution in [1.29, 1.82) is 0 Å². The van der Waals surface area contributed by atoms with Gasteiger partial charge in [0.1, 0.15) is 17.4 Å². The molecule has 0 radical (unpaired) electrons. The van der Waals surface area contributed by atoms with Crippen LogP contribution in [0, 0.1) is 6.92 Å². The number of benzene rings is 2. The van der Waals surface area contributed by atoms with Gasteiger partial charge in [0, 0.05) is 10.9 Å². The number of hydrogen-bond donors (Lipinski definition) is 1. The van der Waals surface area contributed by atoms with Crippen LogP contribution >= 0.6 is 11.3 Å². The molecule has 0 atom stereocenters. The fourth-order valence-corrected chi connectivity index (χ4v) is 2.92. The van der Waals surface area contributed by atoms with Gasteiger partial charge in [0.15, 0.2) is 5.69 Å². The van der Waals surface area contributed by atoms with E-state index in [0.29, 0.717) is 11.6 Å². The van der Waals surface area contributed by atoms with Crippen LogP contribution in [0.25, 0.3) is 10.6 Å². The predicted molar refractivity (Wildman–Crippen MR) is 90.0 cm³/mol. The zero-order valence-corrected chi connectivity index (χ0v) is 13.3. The van der Waals surface area contributed by atoms with Gasteiger partial charge in [-0.3, -0.25) is 0 Å². The van der Waals surface area contributed by atoms with Crippen LogP contribution in [-0.4, -0.2) is 16.1 Å². The highest BCUT2D eigenvalue weighted by atomic mass is 32.1. The van der Waals surface area contributed by atoms with Gasteiger partial charge in [0.05, 0.1) is 0 Å². The fourth-order valence-electron chi connectivity index (χ4n) is 2.12. The van der Waals surface area contributed by atoms with Gasteiger partial charge in [-0.05, 0) is 30.2 Å². The number of hydrogen-bond acceptors (Lipinski definition) is 4. The van der Waals surface area contributed by atoms with Gasteiger partial charge >= 0.3 is 5.97 Å². The summed E-state index contributed by atoms with van der Waals surface area (Å²) in [6.07, 6.45) is 0. The molecule has 2 aromatic carbocycles. The fraction of sp³-hybridized carbons (Fsp3) is 0.111. The molecule has 1 heterocycles. The van der Waals surface area contributed by atoms with Crippen LogP contribution in [0.15, 0.2) is 53.9 Å². The van der Waals surface area contributed by atoms with Gasteiger partial charge in [0.2, 0.25) is 0 Å². The second-order valence-corrected chi connectivity index (χ2v) is 6.00. The summed E-state index contributed by atoms with van der Waals surface area (Å²) in [5.41, 5.74) is 3.19. The summed E-state index contributed by atoms with van der Waals surface area (Å²) in [4.78, 5) is 15.0. The average molecular weight is 325 g/mol. The summed E-state index contributed by atoms with van der Waals surface area (Å²) in [6, 6.07) is 15.7. The van der Waals surface area contributed by atoms with Crippen LogP contribution < -0.4 is 4.74 Å². The molecule has 0 bridgehead atoms. The smallest absolute Gasteiger partial charge is 0.355 e. The zero-order valence-electron chi connectivity index (χ0n) is 12.5. The Kier molecular flexibility index (Phi) is 4.39. The molecule has 0 aliphatic rings. The molecule has 1 aromatic heterocycles. The van der Waals surface area contributed by atoms with E-state index in [0.717, 1.165) is 22.4 Å². The Balaban J connectivity index is 1.68. The number of aryl methyl sites for hydroxylation is 1. The maximum atomic E-state index is 10.9. The first kappa shape index (κ1) is 15.2. The molecule has 0 aliphatic heterocycles. The summed E-state index contributed by atoms with van der Waals surface area (Å²) in [5.74, 6) is -0.157. The Morgan fingerprint density at radius 2 is 2.00 bits per heavy atom. The molecule has 3 rings (SSSR count). The largest absolute Gasteiger partial charge is 0.489 e. The normalized spacial score (nSPS) is 10.5. The Hall–Kier alpha value is -2.66. The first-order valence-electron chi connectivity index (χ1n) is 7.09. The van der Waals surface area contributed by atoms with E-state index in [1.807, 2.05) is 55.5 Å². The Bertz CT molecular complexity index is 824. The minimum atomic E-state index is -1.00. The van der Waals surface area contributed by atoms with Crippen LogP contribution in [0.2, 0.25) is 0 Å². The molecular formula is C18H15NO3S. The lowest BCUT2D eigenvalue weighted by Crippen LogP contribution is -1.96. The molecule has 0 saturated heterocycles. The van der Waals surface area contributed by atoms with E-state index in [4.69, 9.17) is 9.84 Å². The van der Waals surface area contributed by atoms with E-state index in [1.165, 1.54) is 11.3 Å². The van der Waals surface area contributed by atoms with Crippen LogP contribution in [-0.2, 0) is 6.61 Å². The Labute approximate surface area is 138 Å². The number of aromatic nitrogens is 1. The first-order valence-corrected chi connectivity index (χ1v) is 7.97. The van der Waals surface area contributed by atoms with Crippen LogP contribution in [0.3, 0.4) is 0 Å². The Morgan fingerprint density at radius 1 is 1.22 bits per heavy atom. The SMILES string of the molecule is Cc1cccc(OCc2ccc(-c3nc(C(=O)O)cs3)cc2)c1. The first-order chi connectivity index (χ1) is 11.1. The van der Waals surface area contributed by atoms with Crippen molar-refractivity contribution in [3.63, 3.8) is 0 Å². The summed E-state index contributed by atoms with van der Waals surface area (Å²) in [5, 5.41) is 11.2. The van der Waals surface area contributed by atoms with Gasteiger partial charge in [-0.1, -0.05) is 36.4 Å². The third kappa shape index (κ3) is 3.76. The lowest BCUT2D eigenvalue weighted by atomic mass is 10.1. The van der Waals surface area contributed by atoms with Gasteiger partial charge in [-0.15, -0.1) is 11.3 Å². The number of rotatable bonds is 5. The molecule has 0 amide bonds. The monoisotopic (exact) mass is 325 g/mol. The number of aromatic carboxylic acids is 1. The van der Waals surface area contributed by atoms with Crippen molar-refractivity contribution in [2.75, 3.05) is 0 Å². The average Bonchev–Trinajstić information content (AvgIpc) is 3.04. The molecule has 0 fully saturated rings. The molecule has 0 aliphatic carbocycles. The molecule has 1 N–H and O–H groups in total. The molecule has 0 saturated carbocycles. The highest BCUT2D eigenvalue weighted by Crippen LogP contribution is 2.24. The molecule has 23 heavy (non-hydrogen) atoms. The van der Waals surface area contributed by atoms with Crippen LogP contribution in [0.4, 0.5) is 0 Å². The van der Waals surface area contributed by atoms with E-state index < -0.39 is 5.97 Å². The molecule has 0 unspecified atom stereocenters. The predicted octanol–water partition coefficient (Wildman–Crippen LogP) is 4.40. The van der Waals surface area contributed by atoms with Crippen molar-refractivity contribution in [3.8, 4) is 16.3 Å².